The smallest absolute Gasteiger partial charge is 0.315 e. The van der Waals surface area contributed by atoms with Gasteiger partial charge in [0.2, 0.25) is 0 Å². The third kappa shape index (κ3) is 3.91. The minimum atomic E-state index is -5.00. The Labute approximate surface area is 166 Å². The molecule has 4 heterocycles. The summed E-state index contributed by atoms with van der Waals surface area (Å²) in [5.74, 6) is -5.99. The van der Waals surface area contributed by atoms with Crippen LogP contribution in [0.2, 0.25) is 0 Å². The molecule has 168 valence electrons. The molecule has 2 spiro atoms. The molecule has 0 saturated carbocycles. The van der Waals surface area contributed by atoms with E-state index in [-0.39, 0.29) is 25.9 Å². The van der Waals surface area contributed by atoms with Crippen LogP contribution in [-0.4, -0.2) is 86.5 Å². The summed E-state index contributed by atoms with van der Waals surface area (Å²) in [6, 6.07) is 0. The van der Waals surface area contributed by atoms with Gasteiger partial charge in [-0.1, -0.05) is 0 Å². The molecule has 19 heteroatoms. The average Bonchev–Trinajstić information content (AvgIpc) is 3.07. The highest BCUT2D eigenvalue weighted by atomic mass is 32.3. The van der Waals surface area contributed by atoms with E-state index in [2.05, 4.69) is 10.6 Å². The van der Waals surface area contributed by atoms with Crippen LogP contribution in [0.25, 0.3) is 0 Å². The summed E-state index contributed by atoms with van der Waals surface area (Å²) in [5, 5.41) is 7.16. The maximum absolute atomic E-state index is 12.2. The number of hydrogen-bond donors (Lipinski definition) is 2. The van der Waals surface area contributed by atoms with Crippen LogP contribution in [0, 0.1) is 0 Å². The van der Waals surface area contributed by atoms with Crippen molar-refractivity contribution in [2.24, 2.45) is 0 Å². The zero-order valence-electron chi connectivity index (χ0n) is 14.7. The highest BCUT2D eigenvalue weighted by Gasteiger charge is 2.83. The van der Waals surface area contributed by atoms with Gasteiger partial charge in [0.1, 0.15) is 0 Å². The molecule has 4 aliphatic rings. The molecule has 4 rings (SSSR count). The van der Waals surface area contributed by atoms with Crippen molar-refractivity contribution >= 4 is 31.2 Å². The number of nitrogens with zero attached hydrogens (tertiary/aromatic N) is 2. The van der Waals surface area contributed by atoms with Gasteiger partial charge in [-0.15, -0.1) is 18.7 Å². The van der Waals surface area contributed by atoms with E-state index in [1.54, 1.807) is 0 Å². The van der Waals surface area contributed by atoms with Crippen LogP contribution in [-0.2, 0) is 56.5 Å². The Bertz CT molecular complexity index is 890. The number of hydroxylamine groups is 4. The lowest BCUT2D eigenvalue weighted by Crippen LogP contribution is -2.67. The molecule has 0 aromatic heterocycles. The molecule has 0 amide bonds. The normalized spacial score (nSPS) is 40.6. The molecule has 4 fully saturated rings. The second-order valence-corrected chi connectivity index (χ2v) is 9.70. The van der Waals surface area contributed by atoms with Crippen molar-refractivity contribution in [2.45, 2.75) is 24.7 Å². The van der Waals surface area contributed by atoms with E-state index in [0.717, 1.165) is 0 Å². The van der Waals surface area contributed by atoms with E-state index >= 15 is 0 Å². The summed E-state index contributed by atoms with van der Waals surface area (Å²) in [6.07, 6.45) is 0.460. The van der Waals surface area contributed by atoms with Gasteiger partial charge in [0.25, 0.3) is 0 Å². The van der Waals surface area contributed by atoms with Crippen molar-refractivity contribution < 1.29 is 50.6 Å². The predicted octanol–water partition coefficient (Wildman–Crippen LogP) is -3.42. The van der Waals surface area contributed by atoms with Crippen LogP contribution in [0.4, 0.5) is 0 Å². The fraction of sp³-hybridized carbons (Fsp3) is 1.00. The molecule has 4 aliphatic heterocycles. The Hall–Kier alpha value is -0.550. The fourth-order valence-electron chi connectivity index (χ4n) is 3.13. The van der Waals surface area contributed by atoms with Crippen molar-refractivity contribution in [1.82, 2.24) is 20.8 Å². The molecule has 16 nitrogen and oxygen atoms in total. The molecule has 29 heavy (non-hydrogen) atoms. The number of rotatable bonds is 0. The standard InChI is InChI=1S/C10H18N4O12S3/c15-27(16)21-9-10(22-27)14(26-29(19,20)24-10)8-2-4-12-6-5-11-3-1-7-13(9)25-28(17,18)23-9/h11-12H,1-8H2. The summed E-state index contributed by atoms with van der Waals surface area (Å²) >= 11 is 0. The van der Waals surface area contributed by atoms with E-state index in [4.69, 9.17) is 25.3 Å². The van der Waals surface area contributed by atoms with Gasteiger partial charge < -0.3 is 10.6 Å². The van der Waals surface area contributed by atoms with Gasteiger partial charge in [-0.2, -0.15) is 42.0 Å². The van der Waals surface area contributed by atoms with Crippen molar-refractivity contribution in [1.29, 1.82) is 0 Å². The second kappa shape index (κ2) is 7.25. The van der Waals surface area contributed by atoms with Gasteiger partial charge in [0, 0.05) is 26.2 Å². The van der Waals surface area contributed by atoms with Crippen molar-refractivity contribution in [3.63, 3.8) is 0 Å². The Morgan fingerprint density at radius 3 is 1.38 bits per heavy atom. The molecule has 0 aromatic rings. The topological polar surface area (TPSA) is 188 Å². The summed E-state index contributed by atoms with van der Waals surface area (Å²) in [6.45, 7) is 1.46. The second-order valence-electron chi connectivity index (χ2n) is 6.28. The molecule has 2 N–H and O–H groups in total. The monoisotopic (exact) mass is 482 g/mol. The van der Waals surface area contributed by atoms with Crippen molar-refractivity contribution in [3.8, 4) is 0 Å². The number of hydrogen-bond acceptors (Lipinski definition) is 16. The largest absolute Gasteiger partial charge is 0.420 e. The predicted molar refractivity (Wildman–Crippen MR) is 87.1 cm³/mol. The first-order valence-corrected chi connectivity index (χ1v) is 12.4. The van der Waals surface area contributed by atoms with Crippen LogP contribution in [0.15, 0.2) is 0 Å². The third-order valence-corrected chi connectivity index (χ3v) is 6.63. The maximum atomic E-state index is 12.2. The minimum absolute atomic E-state index is 0.230. The van der Waals surface area contributed by atoms with Gasteiger partial charge in [-0.3, -0.25) is 0 Å². The first kappa shape index (κ1) is 21.7. The molecular weight excluding hydrogens is 464 g/mol. The summed E-state index contributed by atoms with van der Waals surface area (Å²) in [7, 11) is -14.7. The maximum Gasteiger partial charge on any atom is 0.420 e. The van der Waals surface area contributed by atoms with E-state index in [1.165, 1.54) is 0 Å². The zero-order valence-corrected chi connectivity index (χ0v) is 17.1. The van der Waals surface area contributed by atoms with Crippen molar-refractivity contribution in [3.05, 3.63) is 0 Å². The van der Waals surface area contributed by atoms with Gasteiger partial charge in [0.05, 0.1) is 0 Å². The minimum Gasteiger partial charge on any atom is -0.315 e. The van der Waals surface area contributed by atoms with E-state index in [0.29, 0.717) is 36.3 Å². The van der Waals surface area contributed by atoms with Crippen molar-refractivity contribution in [2.75, 3.05) is 39.3 Å². The lowest BCUT2D eigenvalue weighted by atomic mass is 10.2. The molecule has 0 bridgehead atoms. The van der Waals surface area contributed by atoms with Gasteiger partial charge in [0.15, 0.2) is 0 Å². The van der Waals surface area contributed by atoms with Crippen LogP contribution < -0.4 is 10.6 Å². The molecule has 0 radical (unpaired) electrons. The summed E-state index contributed by atoms with van der Waals surface area (Å²) < 4.78 is 101. The molecular formula is C10H18N4O12S3. The van der Waals surface area contributed by atoms with E-state index < -0.39 is 43.0 Å². The Morgan fingerprint density at radius 2 is 0.966 bits per heavy atom. The summed E-state index contributed by atoms with van der Waals surface area (Å²) in [5.41, 5.74) is 0. The SMILES string of the molecule is O=S1(=O)ON2CCCNCCNCCCN3OS(=O)(=O)OC34OS(=O)(=O)OC24O1. The van der Waals surface area contributed by atoms with E-state index in [1.807, 2.05) is 0 Å². The number of nitrogens with one attached hydrogen (secondary N) is 2. The highest BCUT2D eigenvalue weighted by molar-refractivity contribution is 7.83. The van der Waals surface area contributed by atoms with Crippen LogP contribution in [0.1, 0.15) is 12.8 Å². The molecule has 2 unspecified atom stereocenters. The van der Waals surface area contributed by atoms with Gasteiger partial charge >= 0.3 is 43.0 Å². The Kier molecular flexibility index (Phi) is 5.42. The first-order chi connectivity index (χ1) is 13.5. The third-order valence-electron chi connectivity index (χ3n) is 4.19. The fourth-order valence-corrected chi connectivity index (χ4v) is 6.09. The first-order valence-electron chi connectivity index (χ1n) is 8.43. The highest BCUT2D eigenvalue weighted by Crippen LogP contribution is 2.54. The lowest BCUT2D eigenvalue weighted by Gasteiger charge is -2.36. The molecule has 4 saturated heterocycles. The molecule has 0 aromatic carbocycles. The lowest BCUT2D eigenvalue weighted by molar-refractivity contribution is -0.415. The van der Waals surface area contributed by atoms with Crippen LogP contribution in [0.3, 0.4) is 0 Å². The Morgan fingerprint density at radius 1 is 0.586 bits per heavy atom. The Balaban J connectivity index is 1.82. The van der Waals surface area contributed by atoms with Gasteiger partial charge in [-0.05, 0) is 25.9 Å². The average molecular weight is 482 g/mol. The van der Waals surface area contributed by atoms with Crippen LogP contribution >= 0.6 is 0 Å². The van der Waals surface area contributed by atoms with E-state index in [9.17, 15) is 25.3 Å². The molecule has 0 aliphatic carbocycles. The zero-order chi connectivity index (χ0) is 21.0. The van der Waals surface area contributed by atoms with Crippen LogP contribution in [0.5, 0.6) is 0 Å². The molecule has 2 atom stereocenters. The quantitative estimate of drug-likeness (QED) is 0.347. The summed E-state index contributed by atoms with van der Waals surface area (Å²) in [4.78, 5) is 0. The van der Waals surface area contributed by atoms with Gasteiger partial charge in [-0.25, -0.2) is 0 Å².